The molecule has 0 radical (unpaired) electrons. The van der Waals surface area contributed by atoms with E-state index in [1.807, 2.05) is 11.8 Å². The molecule has 0 saturated carbocycles. The predicted octanol–water partition coefficient (Wildman–Crippen LogP) is 2.32. The minimum atomic E-state index is 0.730. The molecule has 0 N–H and O–H groups in total. The molecule has 0 bridgehead atoms. The molecule has 0 aliphatic carbocycles. The van der Waals surface area contributed by atoms with Gasteiger partial charge in [0.15, 0.2) is 5.16 Å². The third kappa shape index (κ3) is 1.26. The summed E-state index contributed by atoms with van der Waals surface area (Å²) < 4.78 is 2.27. The Kier molecular flexibility index (Phi) is 1.91. The molecule has 0 amide bonds. The van der Waals surface area contributed by atoms with E-state index in [0.29, 0.717) is 0 Å². The van der Waals surface area contributed by atoms with E-state index in [2.05, 4.69) is 36.5 Å². The molecular formula is C9H14N2S. The lowest BCUT2D eigenvalue weighted by Crippen LogP contribution is -2.11. The maximum atomic E-state index is 4.45. The van der Waals surface area contributed by atoms with Crippen molar-refractivity contribution >= 4 is 11.8 Å². The molecule has 1 unspecified atom stereocenters. The Hall–Kier alpha value is -0.440. The molecule has 2 heterocycles. The fourth-order valence-corrected chi connectivity index (χ4v) is 2.70. The first kappa shape index (κ1) is 8.17. The van der Waals surface area contributed by atoms with Gasteiger partial charge in [-0.15, -0.1) is 0 Å². The standard InChI is InChI=1S/C9H14N2S/c1-6(2)8-5-11-4-7(3)10-9(11)12-8/h4,6,8H,5H2,1-3H3. The first-order valence-electron chi connectivity index (χ1n) is 4.37. The SMILES string of the molecule is Cc1cn2c(n1)SC(C(C)C)C2. The van der Waals surface area contributed by atoms with E-state index in [1.165, 1.54) is 5.16 Å². The summed E-state index contributed by atoms with van der Waals surface area (Å²) in [6.07, 6.45) is 2.14. The smallest absolute Gasteiger partial charge is 0.168 e. The third-order valence-corrected chi connectivity index (χ3v) is 3.77. The van der Waals surface area contributed by atoms with Crippen molar-refractivity contribution in [3.63, 3.8) is 0 Å². The monoisotopic (exact) mass is 182 g/mol. The molecule has 2 nitrogen and oxygen atoms in total. The fraction of sp³-hybridized carbons (Fsp3) is 0.667. The molecule has 0 spiro atoms. The van der Waals surface area contributed by atoms with E-state index in [1.54, 1.807) is 0 Å². The van der Waals surface area contributed by atoms with Crippen molar-refractivity contribution in [2.75, 3.05) is 0 Å². The number of imidazole rings is 1. The highest BCUT2D eigenvalue weighted by molar-refractivity contribution is 8.00. The highest BCUT2D eigenvalue weighted by atomic mass is 32.2. The normalized spacial score (nSPS) is 21.8. The lowest BCUT2D eigenvalue weighted by Gasteiger charge is -2.10. The molecule has 1 aliphatic rings. The van der Waals surface area contributed by atoms with Crippen LogP contribution in [-0.2, 0) is 6.54 Å². The van der Waals surface area contributed by atoms with Gasteiger partial charge in [-0.2, -0.15) is 0 Å². The number of aromatic nitrogens is 2. The second kappa shape index (κ2) is 2.80. The summed E-state index contributed by atoms with van der Waals surface area (Å²) in [5, 5.41) is 1.93. The van der Waals surface area contributed by atoms with Crippen LogP contribution in [0.5, 0.6) is 0 Å². The highest BCUT2D eigenvalue weighted by Crippen LogP contribution is 2.35. The lowest BCUT2D eigenvalue weighted by atomic mass is 10.1. The van der Waals surface area contributed by atoms with E-state index in [0.717, 1.165) is 23.4 Å². The second-order valence-corrected chi connectivity index (χ2v) is 4.92. The van der Waals surface area contributed by atoms with Crippen LogP contribution < -0.4 is 0 Å². The van der Waals surface area contributed by atoms with E-state index >= 15 is 0 Å². The Bertz CT molecular complexity index is 267. The van der Waals surface area contributed by atoms with Crippen molar-refractivity contribution in [1.29, 1.82) is 0 Å². The van der Waals surface area contributed by atoms with Crippen molar-refractivity contribution < 1.29 is 0 Å². The van der Waals surface area contributed by atoms with Crippen LogP contribution in [0.15, 0.2) is 11.4 Å². The van der Waals surface area contributed by atoms with Gasteiger partial charge in [0.1, 0.15) is 0 Å². The number of aryl methyl sites for hydroxylation is 1. The van der Waals surface area contributed by atoms with E-state index in [4.69, 9.17) is 0 Å². The van der Waals surface area contributed by atoms with E-state index < -0.39 is 0 Å². The van der Waals surface area contributed by atoms with Crippen LogP contribution in [0.3, 0.4) is 0 Å². The molecule has 1 aromatic heterocycles. The van der Waals surface area contributed by atoms with E-state index in [9.17, 15) is 0 Å². The van der Waals surface area contributed by atoms with Gasteiger partial charge in [-0.05, 0) is 12.8 Å². The van der Waals surface area contributed by atoms with Crippen LogP contribution in [-0.4, -0.2) is 14.8 Å². The number of rotatable bonds is 1. The zero-order valence-corrected chi connectivity index (χ0v) is 8.56. The van der Waals surface area contributed by atoms with Gasteiger partial charge in [-0.3, -0.25) is 0 Å². The molecule has 1 aliphatic heterocycles. The third-order valence-electron chi connectivity index (χ3n) is 2.24. The maximum Gasteiger partial charge on any atom is 0.168 e. The Morgan fingerprint density at radius 2 is 2.42 bits per heavy atom. The van der Waals surface area contributed by atoms with Gasteiger partial charge < -0.3 is 4.57 Å². The van der Waals surface area contributed by atoms with Crippen molar-refractivity contribution in [2.45, 2.75) is 37.7 Å². The van der Waals surface area contributed by atoms with Crippen molar-refractivity contribution in [3.05, 3.63) is 11.9 Å². The highest BCUT2D eigenvalue weighted by Gasteiger charge is 2.25. The Labute approximate surface area is 77.4 Å². The number of nitrogens with zero attached hydrogens (tertiary/aromatic N) is 2. The van der Waals surface area contributed by atoms with Crippen molar-refractivity contribution in [1.82, 2.24) is 9.55 Å². The van der Waals surface area contributed by atoms with Crippen LogP contribution in [0, 0.1) is 12.8 Å². The van der Waals surface area contributed by atoms with Crippen LogP contribution in [0.25, 0.3) is 0 Å². The van der Waals surface area contributed by atoms with Gasteiger partial charge in [-0.1, -0.05) is 25.6 Å². The van der Waals surface area contributed by atoms with Gasteiger partial charge in [-0.25, -0.2) is 4.98 Å². The fourth-order valence-electron chi connectivity index (χ4n) is 1.46. The zero-order valence-electron chi connectivity index (χ0n) is 7.74. The van der Waals surface area contributed by atoms with Gasteiger partial charge in [0.2, 0.25) is 0 Å². The minimum absolute atomic E-state index is 0.730. The van der Waals surface area contributed by atoms with Crippen LogP contribution in [0.2, 0.25) is 0 Å². The summed E-state index contributed by atoms with van der Waals surface area (Å²) in [5.74, 6) is 0.747. The van der Waals surface area contributed by atoms with Gasteiger partial charge in [0.05, 0.1) is 5.69 Å². The average Bonchev–Trinajstić information content (AvgIpc) is 2.42. The molecule has 0 fully saturated rings. The van der Waals surface area contributed by atoms with Gasteiger partial charge in [0.25, 0.3) is 0 Å². The molecular weight excluding hydrogens is 168 g/mol. The summed E-state index contributed by atoms with van der Waals surface area (Å²) in [6.45, 7) is 7.74. The number of hydrogen-bond acceptors (Lipinski definition) is 2. The average molecular weight is 182 g/mol. The molecule has 2 rings (SSSR count). The first-order valence-corrected chi connectivity index (χ1v) is 5.25. The topological polar surface area (TPSA) is 17.8 Å². The predicted molar refractivity (Wildman–Crippen MR) is 51.4 cm³/mol. The van der Waals surface area contributed by atoms with Crippen LogP contribution in [0.4, 0.5) is 0 Å². The van der Waals surface area contributed by atoms with Gasteiger partial charge in [0, 0.05) is 18.0 Å². The lowest BCUT2D eigenvalue weighted by molar-refractivity contribution is 0.538. The molecule has 66 valence electrons. The van der Waals surface area contributed by atoms with Crippen molar-refractivity contribution in [2.24, 2.45) is 5.92 Å². The Balaban J connectivity index is 2.18. The summed E-state index contributed by atoms with van der Waals surface area (Å²) in [7, 11) is 0. The number of hydrogen-bond donors (Lipinski definition) is 0. The summed E-state index contributed by atoms with van der Waals surface area (Å²) in [4.78, 5) is 4.45. The molecule has 3 heteroatoms. The molecule has 1 aromatic rings. The molecule has 1 atom stereocenters. The minimum Gasteiger partial charge on any atom is -0.325 e. The van der Waals surface area contributed by atoms with Crippen molar-refractivity contribution in [3.8, 4) is 0 Å². The largest absolute Gasteiger partial charge is 0.325 e. The quantitative estimate of drug-likeness (QED) is 0.663. The molecule has 0 saturated heterocycles. The Morgan fingerprint density at radius 1 is 1.67 bits per heavy atom. The molecule has 0 aromatic carbocycles. The summed E-state index contributed by atoms with van der Waals surface area (Å²) in [5.41, 5.74) is 1.14. The van der Waals surface area contributed by atoms with Crippen LogP contribution >= 0.6 is 11.8 Å². The Morgan fingerprint density at radius 3 is 3.00 bits per heavy atom. The first-order chi connectivity index (χ1) is 5.66. The molecule has 12 heavy (non-hydrogen) atoms. The summed E-state index contributed by atoms with van der Waals surface area (Å²) in [6, 6.07) is 0. The maximum absolute atomic E-state index is 4.45. The summed E-state index contributed by atoms with van der Waals surface area (Å²) >= 11 is 1.92. The number of fused-ring (bicyclic) bond motifs is 1. The van der Waals surface area contributed by atoms with Gasteiger partial charge >= 0.3 is 0 Å². The van der Waals surface area contributed by atoms with Crippen LogP contribution in [0.1, 0.15) is 19.5 Å². The zero-order chi connectivity index (χ0) is 8.72. The second-order valence-electron chi connectivity index (χ2n) is 3.72. The number of thioether (sulfide) groups is 1. The van der Waals surface area contributed by atoms with E-state index in [-0.39, 0.29) is 0 Å².